The van der Waals surface area contributed by atoms with Gasteiger partial charge in [0.15, 0.2) is 0 Å². The van der Waals surface area contributed by atoms with Crippen LogP contribution in [0.5, 0.6) is 0 Å². The van der Waals surface area contributed by atoms with Crippen LogP contribution in [0.3, 0.4) is 0 Å². The van der Waals surface area contributed by atoms with E-state index in [0.29, 0.717) is 39.1 Å². The molecule has 2 aromatic rings. The summed E-state index contributed by atoms with van der Waals surface area (Å²) in [4.78, 5) is 28.8. The molecule has 0 aliphatic carbocycles. The van der Waals surface area contributed by atoms with Crippen LogP contribution in [0, 0.1) is 13.8 Å². The fraction of sp³-hybridized carbons (Fsp3) is 0.400. The molecule has 0 saturated carbocycles. The quantitative estimate of drug-likeness (QED) is 0.767. The van der Waals surface area contributed by atoms with Crippen LogP contribution >= 0.6 is 0 Å². The van der Waals surface area contributed by atoms with Gasteiger partial charge in [0.2, 0.25) is 5.91 Å². The Bertz CT molecular complexity index is 991. The molecule has 0 aromatic heterocycles. The third kappa shape index (κ3) is 4.85. The average molecular weight is 419 g/mol. The second-order valence-corrected chi connectivity index (χ2v) is 8.57. The van der Waals surface area contributed by atoms with Crippen molar-refractivity contribution in [3.05, 3.63) is 70.8 Å². The Morgan fingerprint density at radius 3 is 2.32 bits per heavy atom. The van der Waals surface area contributed by atoms with Crippen molar-refractivity contribution in [2.45, 2.75) is 33.2 Å². The predicted molar refractivity (Wildman–Crippen MR) is 122 cm³/mol. The number of amides is 2. The van der Waals surface area contributed by atoms with E-state index in [2.05, 4.69) is 61.2 Å². The lowest BCUT2D eigenvalue weighted by Crippen LogP contribution is -2.50. The monoisotopic (exact) mass is 418 g/mol. The maximum absolute atomic E-state index is 13.3. The molecule has 2 aromatic carbocycles. The van der Waals surface area contributed by atoms with E-state index in [9.17, 15) is 9.59 Å². The van der Waals surface area contributed by atoms with E-state index < -0.39 is 0 Å². The normalized spacial score (nSPS) is 19.5. The summed E-state index contributed by atoms with van der Waals surface area (Å²) in [5.74, 6) is 0.0989. The van der Waals surface area contributed by atoms with Crippen molar-refractivity contribution in [1.82, 2.24) is 14.8 Å². The zero-order chi connectivity index (χ0) is 22.0. The van der Waals surface area contributed by atoms with Gasteiger partial charge in [-0.15, -0.1) is 0 Å². The third-order valence-corrected chi connectivity index (χ3v) is 6.16. The number of piperazine rings is 1. The molecule has 1 saturated heterocycles. The largest absolute Gasteiger partial charge is 0.340 e. The molecule has 6 nitrogen and oxygen atoms in total. The molecule has 1 atom stereocenters. The second kappa shape index (κ2) is 9.02. The van der Waals surface area contributed by atoms with Crippen LogP contribution in [0.25, 0.3) is 0 Å². The summed E-state index contributed by atoms with van der Waals surface area (Å²) in [6, 6.07) is 16.6. The lowest BCUT2D eigenvalue weighted by atomic mass is 9.97. The molecule has 0 bridgehead atoms. The fourth-order valence-corrected chi connectivity index (χ4v) is 4.27. The minimum atomic E-state index is -0.0953. The summed E-state index contributed by atoms with van der Waals surface area (Å²) < 4.78 is 0. The van der Waals surface area contributed by atoms with Crippen molar-refractivity contribution in [3.8, 4) is 0 Å². The predicted octanol–water partition coefficient (Wildman–Crippen LogP) is 3.15. The number of aryl methyl sites for hydroxylation is 2. The first-order chi connectivity index (χ1) is 14.9. The van der Waals surface area contributed by atoms with Crippen LogP contribution in [-0.2, 0) is 9.59 Å². The van der Waals surface area contributed by atoms with E-state index in [1.807, 2.05) is 11.0 Å². The van der Waals surface area contributed by atoms with Crippen LogP contribution in [-0.4, -0.2) is 65.1 Å². The minimum Gasteiger partial charge on any atom is -0.340 e. The zero-order valence-corrected chi connectivity index (χ0v) is 18.5. The van der Waals surface area contributed by atoms with E-state index in [0.717, 1.165) is 16.8 Å². The smallest absolute Gasteiger partial charge is 0.257 e. The molecule has 2 heterocycles. The van der Waals surface area contributed by atoms with E-state index in [4.69, 9.17) is 5.10 Å². The Labute approximate surface area is 184 Å². The van der Waals surface area contributed by atoms with Gasteiger partial charge in [-0.3, -0.25) is 14.5 Å². The van der Waals surface area contributed by atoms with Gasteiger partial charge < -0.3 is 4.90 Å². The van der Waals surface area contributed by atoms with Crippen molar-refractivity contribution in [2.24, 2.45) is 5.10 Å². The Hall–Kier alpha value is -2.99. The molecule has 0 N–H and O–H groups in total. The summed E-state index contributed by atoms with van der Waals surface area (Å²) in [6.07, 6.45) is 0.705. The highest BCUT2D eigenvalue weighted by Gasteiger charge is 2.34. The molecule has 0 radical (unpaired) electrons. The van der Waals surface area contributed by atoms with Crippen molar-refractivity contribution >= 4 is 17.5 Å². The molecule has 2 aliphatic rings. The minimum absolute atomic E-state index is 0.00417. The molecule has 1 fully saturated rings. The Kier molecular flexibility index (Phi) is 6.18. The average Bonchev–Trinajstić information content (AvgIpc) is 3.20. The first-order valence-corrected chi connectivity index (χ1v) is 10.9. The van der Waals surface area contributed by atoms with Crippen molar-refractivity contribution in [1.29, 1.82) is 0 Å². The van der Waals surface area contributed by atoms with Gasteiger partial charge in [0.05, 0.1) is 18.3 Å². The Morgan fingerprint density at radius 2 is 1.68 bits per heavy atom. The Balaban J connectivity index is 1.54. The molecule has 4 rings (SSSR count). The number of hydrazone groups is 1. The summed E-state index contributed by atoms with van der Waals surface area (Å²) in [6.45, 7) is 8.81. The highest BCUT2D eigenvalue weighted by Crippen LogP contribution is 2.33. The summed E-state index contributed by atoms with van der Waals surface area (Å²) in [5.41, 5.74) is 5.50. The molecule has 6 heteroatoms. The van der Waals surface area contributed by atoms with Crippen molar-refractivity contribution in [3.63, 3.8) is 0 Å². The van der Waals surface area contributed by atoms with Gasteiger partial charge in [0.25, 0.3) is 5.91 Å². The molecule has 2 aliphatic heterocycles. The molecule has 31 heavy (non-hydrogen) atoms. The number of hydrogen-bond acceptors (Lipinski definition) is 4. The van der Waals surface area contributed by atoms with Crippen LogP contribution in [0.4, 0.5) is 0 Å². The number of benzene rings is 2. The third-order valence-electron chi connectivity index (χ3n) is 6.16. The number of nitrogens with zero attached hydrogens (tertiary/aromatic N) is 4. The number of carbonyl (C=O) groups is 2. The zero-order valence-electron chi connectivity index (χ0n) is 18.5. The van der Waals surface area contributed by atoms with E-state index in [1.165, 1.54) is 11.1 Å². The number of hydrogen-bond donors (Lipinski definition) is 0. The maximum atomic E-state index is 13.3. The van der Waals surface area contributed by atoms with Crippen LogP contribution in [0.2, 0.25) is 0 Å². The molecule has 0 unspecified atom stereocenters. The van der Waals surface area contributed by atoms with Gasteiger partial charge >= 0.3 is 0 Å². The van der Waals surface area contributed by atoms with Crippen molar-refractivity contribution < 1.29 is 9.59 Å². The van der Waals surface area contributed by atoms with E-state index in [1.54, 1.807) is 11.9 Å². The second-order valence-electron chi connectivity index (χ2n) is 8.57. The first-order valence-electron chi connectivity index (χ1n) is 10.9. The lowest BCUT2D eigenvalue weighted by Gasteiger charge is -2.34. The maximum Gasteiger partial charge on any atom is 0.257 e. The van der Waals surface area contributed by atoms with Gasteiger partial charge in [-0.05, 0) is 25.0 Å². The SMILES string of the molecule is CC(=O)N1CCN(CC(=O)N2N=C(c3cccc(C)c3)C[C@H]2c2ccc(C)cc2)CC1. The van der Waals surface area contributed by atoms with Gasteiger partial charge in [-0.25, -0.2) is 5.01 Å². The molecular weight excluding hydrogens is 388 g/mol. The fourth-order valence-electron chi connectivity index (χ4n) is 4.27. The standard InChI is InChI=1S/C25H30N4O2/c1-18-7-9-21(10-8-18)24-16-23(22-6-4-5-19(2)15-22)26-29(24)25(31)17-27-11-13-28(14-12-27)20(3)30/h4-10,15,24H,11-14,16-17H2,1-3H3/t24-/m0/s1. The van der Waals surface area contributed by atoms with Gasteiger partial charge in [0.1, 0.15) is 0 Å². The van der Waals surface area contributed by atoms with E-state index in [-0.39, 0.29) is 17.9 Å². The van der Waals surface area contributed by atoms with Crippen LogP contribution in [0.15, 0.2) is 53.6 Å². The summed E-state index contributed by atoms with van der Waals surface area (Å²) >= 11 is 0. The van der Waals surface area contributed by atoms with Gasteiger partial charge in [-0.2, -0.15) is 5.10 Å². The molecule has 162 valence electrons. The number of rotatable bonds is 4. The number of carbonyl (C=O) groups excluding carboxylic acids is 2. The Morgan fingerprint density at radius 1 is 0.968 bits per heavy atom. The molecule has 0 spiro atoms. The molecular formula is C25H30N4O2. The summed E-state index contributed by atoms with van der Waals surface area (Å²) in [5, 5.41) is 6.48. The van der Waals surface area contributed by atoms with Gasteiger partial charge in [0, 0.05) is 39.5 Å². The lowest BCUT2D eigenvalue weighted by molar-refractivity contribution is -0.135. The van der Waals surface area contributed by atoms with Gasteiger partial charge in [-0.1, -0.05) is 59.7 Å². The summed E-state index contributed by atoms with van der Waals surface area (Å²) in [7, 11) is 0. The van der Waals surface area contributed by atoms with Crippen LogP contribution < -0.4 is 0 Å². The van der Waals surface area contributed by atoms with Crippen molar-refractivity contribution in [2.75, 3.05) is 32.7 Å². The highest BCUT2D eigenvalue weighted by atomic mass is 16.2. The topological polar surface area (TPSA) is 56.2 Å². The van der Waals surface area contributed by atoms with E-state index >= 15 is 0 Å². The van der Waals surface area contributed by atoms with Crippen LogP contribution in [0.1, 0.15) is 41.6 Å². The highest BCUT2D eigenvalue weighted by molar-refractivity contribution is 6.03. The molecule has 2 amide bonds. The first kappa shape index (κ1) is 21.2.